The van der Waals surface area contributed by atoms with E-state index in [0.29, 0.717) is 21.7 Å². The molecular weight excluding hydrogens is 500 g/mol. The normalized spacial score (nSPS) is 13.4. The van der Waals surface area contributed by atoms with E-state index >= 15 is 0 Å². The fourth-order valence-corrected chi connectivity index (χ4v) is 4.80. The highest BCUT2D eigenvalue weighted by Gasteiger charge is 2.39. The van der Waals surface area contributed by atoms with Crippen LogP contribution in [0.1, 0.15) is 36.9 Å². The molecule has 2 aromatic heterocycles. The molecule has 0 radical (unpaired) electrons. The first kappa shape index (κ1) is 25.0. The van der Waals surface area contributed by atoms with Crippen LogP contribution in [-0.2, 0) is 24.7 Å². The van der Waals surface area contributed by atoms with Crippen molar-refractivity contribution in [3.63, 3.8) is 0 Å². The molecule has 0 spiro atoms. The average molecular weight is 519 g/mol. The molecule has 3 nitrogen and oxygen atoms in total. The molecule has 0 aliphatic rings. The Morgan fingerprint density at radius 2 is 1.71 bits per heavy atom. The number of nitrogens with one attached hydrogen (secondary N) is 1. The van der Waals surface area contributed by atoms with Crippen molar-refractivity contribution in [2.24, 2.45) is 0 Å². The first-order chi connectivity index (χ1) is 16.7. The zero-order valence-electron chi connectivity index (χ0n) is 18.2. The van der Waals surface area contributed by atoms with Crippen molar-refractivity contribution in [3.8, 4) is 0 Å². The van der Waals surface area contributed by atoms with E-state index in [9.17, 15) is 22.4 Å². The highest BCUT2D eigenvalue weighted by atomic mass is 35.5. The zero-order valence-corrected chi connectivity index (χ0v) is 19.7. The van der Waals surface area contributed by atoms with Crippen molar-refractivity contribution < 1.29 is 22.4 Å². The number of halogens is 5. The average Bonchev–Trinajstić information content (AvgIpc) is 3.30. The first-order valence-electron chi connectivity index (χ1n) is 10.5. The predicted molar refractivity (Wildman–Crippen MR) is 128 cm³/mol. The Morgan fingerprint density at radius 3 is 2.34 bits per heavy atom. The third kappa shape index (κ3) is 5.78. The van der Waals surface area contributed by atoms with Crippen LogP contribution in [0.5, 0.6) is 0 Å². The number of aromatic nitrogens is 1. The molecule has 180 valence electrons. The topological polar surface area (TPSA) is 42.0 Å². The van der Waals surface area contributed by atoms with E-state index in [4.69, 9.17) is 11.6 Å². The second kappa shape index (κ2) is 10.3. The third-order valence-corrected chi connectivity index (χ3v) is 6.79. The lowest BCUT2D eigenvalue weighted by Gasteiger charge is -2.36. The van der Waals surface area contributed by atoms with Crippen LogP contribution in [0.15, 0.2) is 79.0 Å². The minimum absolute atomic E-state index is 0.0654. The van der Waals surface area contributed by atoms with Gasteiger partial charge in [0.25, 0.3) is 0 Å². The van der Waals surface area contributed by atoms with Gasteiger partial charge in [-0.05, 0) is 53.6 Å². The van der Waals surface area contributed by atoms with Gasteiger partial charge in [0, 0.05) is 24.0 Å². The van der Waals surface area contributed by atoms with Crippen molar-refractivity contribution in [3.05, 3.63) is 122 Å². The monoisotopic (exact) mass is 518 g/mol. The fourth-order valence-electron chi connectivity index (χ4n) is 3.92. The lowest BCUT2D eigenvalue weighted by Crippen LogP contribution is -2.46. The molecule has 0 aliphatic carbocycles. The van der Waals surface area contributed by atoms with Crippen LogP contribution >= 0.6 is 22.9 Å². The molecule has 0 amide bonds. The minimum atomic E-state index is -4.74. The Labute approximate surface area is 208 Å². The summed E-state index contributed by atoms with van der Waals surface area (Å²) in [5, 5.41) is 3.70. The first-order valence-corrected chi connectivity index (χ1v) is 11.7. The molecule has 1 atom stereocenters. The van der Waals surface area contributed by atoms with Crippen LogP contribution in [0.4, 0.5) is 17.6 Å². The molecule has 4 aromatic rings. The molecule has 4 rings (SSSR count). The zero-order chi connectivity index (χ0) is 25.1. The predicted octanol–water partition coefficient (Wildman–Crippen LogP) is 7.04. The van der Waals surface area contributed by atoms with Crippen LogP contribution in [0, 0.1) is 5.82 Å². The number of aldehydes is 1. The van der Waals surface area contributed by atoms with Gasteiger partial charge in [-0.2, -0.15) is 13.2 Å². The van der Waals surface area contributed by atoms with Gasteiger partial charge in [0.05, 0.1) is 26.7 Å². The van der Waals surface area contributed by atoms with Crippen molar-refractivity contribution in [1.82, 2.24) is 10.3 Å². The van der Waals surface area contributed by atoms with Crippen LogP contribution in [0.2, 0.25) is 5.02 Å². The van der Waals surface area contributed by atoms with Crippen molar-refractivity contribution in [2.45, 2.75) is 24.7 Å². The van der Waals surface area contributed by atoms with Crippen molar-refractivity contribution >= 4 is 29.2 Å². The van der Waals surface area contributed by atoms with Crippen molar-refractivity contribution in [2.75, 3.05) is 0 Å². The maximum absolute atomic E-state index is 14.6. The Balaban J connectivity index is 1.92. The summed E-state index contributed by atoms with van der Waals surface area (Å²) in [6, 6.07) is 18.3. The minimum Gasteiger partial charge on any atom is -0.297 e. The number of benzene rings is 2. The number of carbonyl (C=O) groups excluding carboxylic acids is 1. The number of alkyl halides is 3. The summed E-state index contributed by atoms with van der Waals surface area (Å²) in [5.41, 5.74) is -1.21. The van der Waals surface area contributed by atoms with Gasteiger partial charge in [-0.3, -0.25) is 15.1 Å². The molecule has 2 heterocycles. The molecular formula is C26H19ClF4N2OS. The maximum atomic E-state index is 14.6. The largest absolute Gasteiger partial charge is 0.416 e. The van der Waals surface area contributed by atoms with E-state index in [2.05, 4.69) is 10.3 Å². The van der Waals surface area contributed by atoms with Gasteiger partial charge in [-0.15, -0.1) is 11.3 Å². The molecule has 0 fully saturated rings. The number of pyridine rings is 1. The molecule has 0 saturated heterocycles. The van der Waals surface area contributed by atoms with Crippen LogP contribution in [-0.4, -0.2) is 11.3 Å². The second-order valence-electron chi connectivity index (χ2n) is 7.93. The molecule has 9 heteroatoms. The number of nitrogens with zero attached hydrogens (tertiary/aromatic N) is 1. The smallest absolute Gasteiger partial charge is 0.297 e. The van der Waals surface area contributed by atoms with E-state index < -0.39 is 23.1 Å². The Morgan fingerprint density at radius 1 is 0.971 bits per heavy atom. The van der Waals surface area contributed by atoms with E-state index in [1.807, 2.05) is 30.3 Å². The SMILES string of the molecule is O=Cc1ccc(CNC(Cc2ccccc2)(c2cc(F)cc(C(F)(F)F)c2)c2ccc(Cl)cn2)s1. The molecule has 2 aromatic carbocycles. The lowest BCUT2D eigenvalue weighted by molar-refractivity contribution is -0.137. The second-order valence-corrected chi connectivity index (χ2v) is 9.57. The quantitative estimate of drug-likeness (QED) is 0.201. The van der Waals surface area contributed by atoms with E-state index in [0.717, 1.165) is 28.9 Å². The van der Waals surface area contributed by atoms with Gasteiger partial charge in [0.15, 0.2) is 6.29 Å². The summed E-state index contributed by atoms with van der Waals surface area (Å²) in [4.78, 5) is 16.9. The number of rotatable bonds is 8. The number of hydrogen-bond donors (Lipinski definition) is 1. The Hall–Kier alpha value is -3.07. The number of thiophene rings is 1. The Kier molecular flexibility index (Phi) is 7.35. The van der Waals surface area contributed by atoms with Gasteiger partial charge in [-0.1, -0.05) is 41.9 Å². The van der Waals surface area contributed by atoms with Gasteiger partial charge in [-0.25, -0.2) is 4.39 Å². The van der Waals surface area contributed by atoms with Crippen LogP contribution < -0.4 is 5.32 Å². The van der Waals surface area contributed by atoms with Crippen LogP contribution in [0.25, 0.3) is 0 Å². The third-order valence-electron chi connectivity index (χ3n) is 5.56. The standard InChI is InChI=1S/C26H19ClF4N2OS/c27-20-6-9-24(32-14-20)25(13-17-4-2-1-3-5-17,33-15-22-7-8-23(16-34)35-22)18-10-19(26(29,30)31)12-21(28)11-18/h1-12,14,16,33H,13,15H2. The summed E-state index contributed by atoms with van der Waals surface area (Å²) in [6.07, 6.45) is -2.43. The fraction of sp³-hybridized carbons (Fsp3) is 0.154. The molecule has 0 aliphatic heterocycles. The lowest BCUT2D eigenvalue weighted by atomic mass is 9.79. The van der Waals surface area contributed by atoms with Crippen LogP contribution in [0.3, 0.4) is 0 Å². The summed E-state index contributed by atoms with van der Waals surface area (Å²) < 4.78 is 55.6. The Bertz CT molecular complexity index is 1310. The molecule has 1 unspecified atom stereocenters. The van der Waals surface area contributed by atoms with E-state index in [1.165, 1.54) is 17.5 Å². The van der Waals surface area contributed by atoms with Gasteiger partial charge in [0.2, 0.25) is 0 Å². The van der Waals surface area contributed by atoms with E-state index in [1.54, 1.807) is 24.3 Å². The van der Waals surface area contributed by atoms with Gasteiger partial charge < -0.3 is 0 Å². The molecule has 1 N–H and O–H groups in total. The molecule has 0 saturated carbocycles. The highest BCUT2D eigenvalue weighted by Crippen LogP contribution is 2.38. The maximum Gasteiger partial charge on any atom is 0.416 e. The molecule has 35 heavy (non-hydrogen) atoms. The summed E-state index contributed by atoms with van der Waals surface area (Å²) in [5.74, 6) is -1.01. The van der Waals surface area contributed by atoms with Gasteiger partial charge >= 0.3 is 6.18 Å². The molecule has 0 bridgehead atoms. The van der Waals surface area contributed by atoms with E-state index in [-0.39, 0.29) is 18.5 Å². The summed E-state index contributed by atoms with van der Waals surface area (Å²) >= 11 is 7.30. The summed E-state index contributed by atoms with van der Waals surface area (Å²) in [7, 11) is 0. The number of hydrogen-bond acceptors (Lipinski definition) is 4. The van der Waals surface area contributed by atoms with Crippen molar-refractivity contribution in [1.29, 1.82) is 0 Å². The highest BCUT2D eigenvalue weighted by molar-refractivity contribution is 7.13. The summed E-state index contributed by atoms with van der Waals surface area (Å²) in [6.45, 7) is 0.202. The van der Waals surface area contributed by atoms with Gasteiger partial charge in [0.1, 0.15) is 5.82 Å². The number of carbonyl (C=O) groups is 1.